The zero-order valence-electron chi connectivity index (χ0n) is 14.7. The number of amides is 1. The maximum Gasteiger partial charge on any atom is 0.255 e. The molecule has 0 fully saturated rings. The van der Waals surface area contributed by atoms with Gasteiger partial charge in [0, 0.05) is 23.1 Å². The Morgan fingerprint density at radius 2 is 1.85 bits per heavy atom. The van der Waals surface area contributed by atoms with Crippen molar-refractivity contribution < 1.29 is 17.6 Å². The number of sulfone groups is 1. The third kappa shape index (κ3) is 4.71. The molecule has 0 heterocycles. The van der Waals surface area contributed by atoms with Crippen molar-refractivity contribution in [2.75, 3.05) is 12.3 Å². The molecule has 2 rings (SSSR count). The SMILES string of the molecule is CCCS(=O)(=O)c1ccccc1C(=O)N(CC)Cc1cc(Br)ccc1F. The summed E-state index contributed by atoms with van der Waals surface area (Å²) < 4.78 is 39.7. The van der Waals surface area contributed by atoms with Gasteiger partial charge in [0.2, 0.25) is 0 Å². The molecular formula is C19H21BrFNO3S. The fourth-order valence-electron chi connectivity index (χ4n) is 2.66. The van der Waals surface area contributed by atoms with Crippen LogP contribution < -0.4 is 0 Å². The lowest BCUT2D eigenvalue weighted by molar-refractivity contribution is 0.0747. The number of rotatable bonds is 7. The quantitative estimate of drug-likeness (QED) is 0.638. The summed E-state index contributed by atoms with van der Waals surface area (Å²) in [5.41, 5.74) is 0.488. The zero-order valence-corrected chi connectivity index (χ0v) is 17.1. The van der Waals surface area contributed by atoms with Gasteiger partial charge in [0.1, 0.15) is 5.82 Å². The van der Waals surface area contributed by atoms with Gasteiger partial charge >= 0.3 is 0 Å². The first kappa shape index (κ1) is 20.6. The minimum absolute atomic E-state index is 0.0241. The Labute approximate surface area is 162 Å². The molecule has 0 aliphatic rings. The molecule has 0 aliphatic heterocycles. The van der Waals surface area contributed by atoms with Gasteiger partial charge in [-0.3, -0.25) is 4.79 Å². The van der Waals surface area contributed by atoms with Crippen LogP contribution in [0.2, 0.25) is 0 Å². The summed E-state index contributed by atoms with van der Waals surface area (Å²) in [4.78, 5) is 14.4. The van der Waals surface area contributed by atoms with E-state index in [9.17, 15) is 17.6 Å². The van der Waals surface area contributed by atoms with Crippen LogP contribution in [0.4, 0.5) is 4.39 Å². The van der Waals surface area contributed by atoms with Crippen molar-refractivity contribution in [3.05, 3.63) is 63.9 Å². The smallest absolute Gasteiger partial charge is 0.255 e. The van der Waals surface area contributed by atoms with Crippen molar-refractivity contribution in [3.8, 4) is 0 Å². The van der Waals surface area contributed by atoms with E-state index in [1.54, 1.807) is 38.1 Å². The standard InChI is InChI=1S/C19H21BrFNO3S/c1-3-11-26(24,25)18-8-6-5-7-16(18)19(23)22(4-2)13-14-12-15(20)9-10-17(14)21/h5-10,12H,3-4,11,13H2,1-2H3. The Morgan fingerprint density at radius 1 is 1.15 bits per heavy atom. The van der Waals surface area contributed by atoms with E-state index < -0.39 is 21.6 Å². The molecular weight excluding hydrogens is 421 g/mol. The first-order chi connectivity index (χ1) is 12.3. The number of benzene rings is 2. The van der Waals surface area contributed by atoms with Crippen LogP contribution in [0.3, 0.4) is 0 Å². The maximum absolute atomic E-state index is 14.0. The fraction of sp³-hybridized carbons (Fsp3) is 0.316. The average Bonchev–Trinajstić information content (AvgIpc) is 2.62. The summed E-state index contributed by atoms with van der Waals surface area (Å²) in [7, 11) is -3.54. The van der Waals surface area contributed by atoms with Gasteiger partial charge in [0.15, 0.2) is 9.84 Å². The monoisotopic (exact) mass is 441 g/mol. The van der Waals surface area contributed by atoms with Crippen molar-refractivity contribution in [1.82, 2.24) is 4.90 Å². The fourth-order valence-corrected chi connectivity index (χ4v) is 4.60. The summed E-state index contributed by atoms with van der Waals surface area (Å²) >= 11 is 3.30. The Bertz CT molecular complexity index is 899. The zero-order chi connectivity index (χ0) is 19.3. The molecule has 0 radical (unpaired) electrons. The molecule has 0 bridgehead atoms. The maximum atomic E-state index is 14.0. The summed E-state index contributed by atoms with van der Waals surface area (Å²) in [5, 5.41) is 0. The second kappa shape index (κ2) is 8.77. The third-order valence-corrected chi connectivity index (χ3v) is 6.43. The normalized spacial score (nSPS) is 11.4. The number of carbonyl (C=O) groups is 1. The van der Waals surface area contributed by atoms with Crippen LogP contribution in [0.25, 0.3) is 0 Å². The Kier molecular flexibility index (Phi) is 6.94. The van der Waals surface area contributed by atoms with Crippen molar-refractivity contribution in [2.45, 2.75) is 31.7 Å². The second-order valence-electron chi connectivity index (χ2n) is 5.87. The van der Waals surface area contributed by atoms with Gasteiger partial charge in [0.25, 0.3) is 5.91 Å². The van der Waals surface area contributed by atoms with Crippen molar-refractivity contribution in [3.63, 3.8) is 0 Å². The lowest BCUT2D eigenvalue weighted by Gasteiger charge is -2.23. The van der Waals surface area contributed by atoms with E-state index in [4.69, 9.17) is 0 Å². The molecule has 0 N–H and O–H groups in total. The highest BCUT2D eigenvalue weighted by Crippen LogP contribution is 2.22. The van der Waals surface area contributed by atoms with E-state index in [0.29, 0.717) is 23.0 Å². The summed E-state index contributed by atoms with van der Waals surface area (Å²) in [6, 6.07) is 10.7. The van der Waals surface area contributed by atoms with E-state index in [1.165, 1.54) is 23.1 Å². The molecule has 0 aromatic heterocycles. The molecule has 0 aliphatic carbocycles. The van der Waals surface area contributed by atoms with Crippen molar-refractivity contribution >= 4 is 31.7 Å². The minimum Gasteiger partial charge on any atom is -0.334 e. The van der Waals surface area contributed by atoms with Crippen LogP contribution in [-0.2, 0) is 16.4 Å². The predicted octanol–water partition coefficient (Wildman–Crippen LogP) is 4.43. The van der Waals surface area contributed by atoms with E-state index in [-0.39, 0.29) is 22.8 Å². The third-order valence-electron chi connectivity index (χ3n) is 3.96. The Morgan fingerprint density at radius 3 is 2.50 bits per heavy atom. The summed E-state index contributed by atoms with van der Waals surface area (Å²) in [6.07, 6.45) is 0.464. The number of hydrogen-bond donors (Lipinski definition) is 0. The van der Waals surface area contributed by atoms with Gasteiger partial charge in [-0.1, -0.05) is 35.0 Å². The first-order valence-corrected chi connectivity index (χ1v) is 10.8. The van der Waals surface area contributed by atoms with E-state index in [1.807, 2.05) is 0 Å². The highest BCUT2D eigenvalue weighted by Gasteiger charge is 2.25. The van der Waals surface area contributed by atoms with Gasteiger partial charge in [-0.05, 0) is 43.7 Å². The van der Waals surface area contributed by atoms with Gasteiger partial charge in [-0.15, -0.1) is 0 Å². The second-order valence-corrected chi connectivity index (χ2v) is 8.86. The molecule has 2 aromatic rings. The topological polar surface area (TPSA) is 54.5 Å². The summed E-state index contributed by atoms with van der Waals surface area (Å²) in [5.74, 6) is -0.863. The molecule has 0 unspecified atom stereocenters. The van der Waals surface area contributed by atoms with Crippen molar-refractivity contribution in [1.29, 1.82) is 0 Å². The predicted molar refractivity (Wildman–Crippen MR) is 103 cm³/mol. The molecule has 0 atom stereocenters. The van der Waals surface area contributed by atoms with E-state index in [0.717, 1.165) is 0 Å². The molecule has 2 aromatic carbocycles. The van der Waals surface area contributed by atoms with E-state index in [2.05, 4.69) is 15.9 Å². The Balaban J connectivity index is 2.39. The molecule has 0 spiro atoms. The highest BCUT2D eigenvalue weighted by atomic mass is 79.9. The number of carbonyl (C=O) groups excluding carboxylic acids is 1. The molecule has 1 amide bonds. The number of nitrogens with zero attached hydrogens (tertiary/aromatic N) is 1. The first-order valence-electron chi connectivity index (χ1n) is 8.35. The molecule has 0 saturated carbocycles. The van der Waals surface area contributed by atoms with Crippen LogP contribution in [-0.4, -0.2) is 31.5 Å². The van der Waals surface area contributed by atoms with Crippen LogP contribution in [0, 0.1) is 5.82 Å². The number of halogens is 2. The van der Waals surface area contributed by atoms with Crippen LogP contribution in [0.5, 0.6) is 0 Å². The molecule has 0 saturated heterocycles. The largest absolute Gasteiger partial charge is 0.334 e. The molecule has 26 heavy (non-hydrogen) atoms. The van der Waals surface area contributed by atoms with Gasteiger partial charge < -0.3 is 4.90 Å². The molecule has 7 heteroatoms. The lowest BCUT2D eigenvalue weighted by atomic mass is 10.1. The van der Waals surface area contributed by atoms with Crippen LogP contribution in [0.15, 0.2) is 51.8 Å². The highest BCUT2D eigenvalue weighted by molar-refractivity contribution is 9.10. The molecule has 4 nitrogen and oxygen atoms in total. The van der Waals surface area contributed by atoms with Crippen LogP contribution >= 0.6 is 15.9 Å². The van der Waals surface area contributed by atoms with Gasteiger partial charge in [-0.25, -0.2) is 12.8 Å². The van der Waals surface area contributed by atoms with Gasteiger partial charge in [-0.2, -0.15) is 0 Å². The van der Waals surface area contributed by atoms with Gasteiger partial charge in [0.05, 0.1) is 16.2 Å². The minimum atomic E-state index is -3.54. The number of hydrogen-bond acceptors (Lipinski definition) is 3. The lowest BCUT2D eigenvalue weighted by Crippen LogP contribution is -2.32. The average molecular weight is 442 g/mol. The van der Waals surface area contributed by atoms with Crippen LogP contribution in [0.1, 0.15) is 36.2 Å². The Hall–Kier alpha value is -1.73. The van der Waals surface area contributed by atoms with E-state index >= 15 is 0 Å². The summed E-state index contributed by atoms with van der Waals surface area (Å²) in [6.45, 7) is 3.93. The molecule has 140 valence electrons. The van der Waals surface area contributed by atoms with Crippen molar-refractivity contribution in [2.24, 2.45) is 0 Å².